The molecule has 6 heteroatoms. The van der Waals surface area contributed by atoms with Gasteiger partial charge in [-0.3, -0.25) is 9.78 Å². The SMILES string of the molecule is Cc1nc2n(c1Nc1cnc3ccccc3c1)CC(=O)NC2. The number of imidazole rings is 1. The molecule has 0 saturated heterocycles. The van der Waals surface area contributed by atoms with Gasteiger partial charge in [0.1, 0.15) is 18.2 Å². The van der Waals surface area contributed by atoms with Crippen LogP contribution in [0.5, 0.6) is 0 Å². The highest BCUT2D eigenvalue weighted by molar-refractivity contribution is 5.83. The summed E-state index contributed by atoms with van der Waals surface area (Å²) in [6, 6.07) is 10.0. The molecular formula is C16H15N5O. The number of hydrogen-bond donors (Lipinski definition) is 2. The van der Waals surface area contributed by atoms with Crippen LogP contribution >= 0.6 is 0 Å². The van der Waals surface area contributed by atoms with E-state index >= 15 is 0 Å². The van der Waals surface area contributed by atoms with Crippen molar-refractivity contribution in [1.82, 2.24) is 19.9 Å². The minimum Gasteiger partial charge on any atom is -0.347 e. The van der Waals surface area contributed by atoms with Crippen molar-refractivity contribution in [3.63, 3.8) is 0 Å². The Hall–Kier alpha value is -2.89. The molecule has 1 aliphatic heterocycles. The number of carbonyl (C=O) groups excluding carboxylic acids is 1. The summed E-state index contributed by atoms with van der Waals surface area (Å²) in [4.78, 5) is 20.6. The molecular weight excluding hydrogens is 278 g/mol. The van der Waals surface area contributed by atoms with Crippen LogP contribution in [-0.2, 0) is 17.9 Å². The van der Waals surface area contributed by atoms with Crippen LogP contribution in [0.1, 0.15) is 11.5 Å². The van der Waals surface area contributed by atoms with Crippen molar-refractivity contribution in [1.29, 1.82) is 0 Å². The van der Waals surface area contributed by atoms with Gasteiger partial charge in [-0.1, -0.05) is 18.2 Å². The third-order valence-corrected chi connectivity index (χ3v) is 3.82. The molecule has 4 rings (SSSR count). The first kappa shape index (κ1) is 12.8. The van der Waals surface area contributed by atoms with E-state index in [2.05, 4.69) is 20.6 Å². The molecule has 0 bridgehead atoms. The predicted molar refractivity (Wildman–Crippen MR) is 83.8 cm³/mol. The van der Waals surface area contributed by atoms with E-state index < -0.39 is 0 Å². The van der Waals surface area contributed by atoms with Gasteiger partial charge in [0, 0.05) is 5.39 Å². The lowest BCUT2D eigenvalue weighted by Crippen LogP contribution is -2.34. The minimum absolute atomic E-state index is 0.00425. The lowest BCUT2D eigenvalue weighted by Gasteiger charge is -2.18. The van der Waals surface area contributed by atoms with Gasteiger partial charge in [-0.05, 0) is 19.1 Å². The van der Waals surface area contributed by atoms with Gasteiger partial charge in [-0.25, -0.2) is 4.98 Å². The fourth-order valence-corrected chi connectivity index (χ4v) is 2.75. The van der Waals surface area contributed by atoms with Crippen molar-refractivity contribution < 1.29 is 4.79 Å². The quantitative estimate of drug-likeness (QED) is 0.759. The van der Waals surface area contributed by atoms with Crippen molar-refractivity contribution in [2.24, 2.45) is 0 Å². The first-order chi connectivity index (χ1) is 10.7. The van der Waals surface area contributed by atoms with Crippen molar-refractivity contribution in [2.45, 2.75) is 20.0 Å². The molecule has 1 aromatic carbocycles. The number of amides is 1. The number of aryl methyl sites for hydroxylation is 1. The number of anilines is 2. The highest BCUT2D eigenvalue weighted by atomic mass is 16.2. The lowest BCUT2D eigenvalue weighted by atomic mass is 10.2. The molecule has 0 atom stereocenters. The Labute approximate surface area is 127 Å². The van der Waals surface area contributed by atoms with E-state index in [-0.39, 0.29) is 5.91 Å². The monoisotopic (exact) mass is 293 g/mol. The third kappa shape index (κ3) is 2.09. The largest absolute Gasteiger partial charge is 0.347 e. The average Bonchev–Trinajstić information content (AvgIpc) is 2.83. The van der Waals surface area contributed by atoms with Gasteiger partial charge in [0.2, 0.25) is 5.91 Å². The third-order valence-electron chi connectivity index (χ3n) is 3.82. The molecule has 6 nitrogen and oxygen atoms in total. The molecule has 2 aromatic heterocycles. The van der Waals surface area contributed by atoms with Crippen LogP contribution in [-0.4, -0.2) is 20.4 Å². The summed E-state index contributed by atoms with van der Waals surface area (Å²) in [6.45, 7) is 2.70. The van der Waals surface area contributed by atoms with Gasteiger partial charge >= 0.3 is 0 Å². The van der Waals surface area contributed by atoms with Crippen LogP contribution in [0.2, 0.25) is 0 Å². The fourth-order valence-electron chi connectivity index (χ4n) is 2.75. The molecule has 3 aromatic rings. The number of carbonyl (C=O) groups is 1. The second-order valence-electron chi connectivity index (χ2n) is 5.37. The number of pyridine rings is 1. The van der Waals surface area contributed by atoms with E-state index in [4.69, 9.17) is 0 Å². The Balaban J connectivity index is 1.73. The number of aromatic nitrogens is 3. The zero-order valence-electron chi connectivity index (χ0n) is 12.1. The van der Waals surface area contributed by atoms with Gasteiger partial charge in [0.05, 0.1) is 29.6 Å². The highest BCUT2D eigenvalue weighted by Crippen LogP contribution is 2.25. The Morgan fingerprint density at radius 2 is 2.18 bits per heavy atom. The maximum Gasteiger partial charge on any atom is 0.240 e. The predicted octanol–water partition coefficient (Wildman–Crippen LogP) is 2.11. The van der Waals surface area contributed by atoms with E-state index in [9.17, 15) is 4.79 Å². The normalized spacial score (nSPS) is 13.8. The first-order valence-electron chi connectivity index (χ1n) is 7.15. The Bertz CT molecular complexity index is 883. The first-order valence-corrected chi connectivity index (χ1v) is 7.15. The Kier molecular flexibility index (Phi) is 2.82. The number of hydrogen-bond acceptors (Lipinski definition) is 4. The summed E-state index contributed by atoms with van der Waals surface area (Å²) in [5, 5.41) is 7.23. The van der Waals surface area contributed by atoms with E-state index in [1.807, 2.05) is 41.8 Å². The van der Waals surface area contributed by atoms with Crippen molar-refractivity contribution >= 4 is 28.3 Å². The molecule has 110 valence electrons. The number of nitrogens with one attached hydrogen (secondary N) is 2. The highest BCUT2D eigenvalue weighted by Gasteiger charge is 2.21. The zero-order valence-corrected chi connectivity index (χ0v) is 12.1. The van der Waals surface area contributed by atoms with E-state index in [0.29, 0.717) is 13.1 Å². The molecule has 0 fully saturated rings. The molecule has 3 heterocycles. The van der Waals surface area contributed by atoms with Crippen LogP contribution in [0.25, 0.3) is 10.9 Å². The molecule has 1 amide bonds. The van der Waals surface area contributed by atoms with Crippen molar-refractivity contribution in [3.8, 4) is 0 Å². The molecule has 0 spiro atoms. The topological polar surface area (TPSA) is 71.8 Å². The fraction of sp³-hybridized carbons (Fsp3) is 0.188. The van der Waals surface area contributed by atoms with E-state index in [1.54, 1.807) is 6.20 Å². The lowest BCUT2D eigenvalue weighted by molar-refractivity contribution is -0.122. The number of benzene rings is 1. The summed E-state index contributed by atoms with van der Waals surface area (Å²) in [6.07, 6.45) is 1.80. The Morgan fingerprint density at radius 1 is 1.32 bits per heavy atom. The van der Waals surface area contributed by atoms with Crippen LogP contribution in [0.3, 0.4) is 0 Å². The standard InChI is InChI=1S/C16H15N5O/c1-10-16(21-9-15(22)18-8-14(21)19-10)20-12-6-11-4-2-3-5-13(11)17-7-12/h2-7,20H,8-9H2,1H3,(H,18,22). The number of rotatable bonds is 2. The summed E-state index contributed by atoms with van der Waals surface area (Å²) in [5.41, 5.74) is 2.72. The van der Waals surface area contributed by atoms with Crippen LogP contribution < -0.4 is 10.6 Å². The number of fused-ring (bicyclic) bond motifs is 2. The number of nitrogens with zero attached hydrogens (tertiary/aromatic N) is 3. The Morgan fingerprint density at radius 3 is 3.09 bits per heavy atom. The van der Waals surface area contributed by atoms with Gasteiger partial charge < -0.3 is 15.2 Å². The summed E-state index contributed by atoms with van der Waals surface area (Å²) >= 11 is 0. The second-order valence-corrected chi connectivity index (χ2v) is 5.37. The molecule has 0 saturated carbocycles. The average molecular weight is 293 g/mol. The van der Waals surface area contributed by atoms with Crippen LogP contribution in [0, 0.1) is 6.92 Å². The molecule has 2 N–H and O–H groups in total. The van der Waals surface area contributed by atoms with Gasteiger partial charge in [-0.2, -0.15) is 0 Å². The second kappa shape index (κ2) is 4.84. The molecule has 22 heavy (non-hydrogen) atoms. The molecule has 1 aliphatic rings. The minimum atomic E-state index is 0.00425. The van der Waals surface area contributed by atoms with Crippen LogP contribution in [0.4, 0.5) is 11.5 Å². The molecule has 0 radical (unpaired) electrons. The van der Waals surface area contributed by atoms with E-state index in [1.165, 1.54) is 0 Å². The van der Waals surface area contributed by atoms with Crippen LogP contribution in [0.15, 0.2) is 36.5 Å². The van der Waals surface area contributed by atoms with Gasteiger partial charge in [-0.15, -0.1) is 0 Å². The molecule has 0 unspecified atom stereocenters. The summed E-state index contributed by atoms with van der Waals surface area (Å²) in [7, 11) is 0. The maximum atomic E-state index is 11.6. The summed E-state index contributed by atoms with van der Waals surface area (Å²) in [5.74, 6) is 1.72. The number of para-hydroxylation sites is 1. The van der Waals surface area contributed by atoms with Crippen molar-refractivity contribution in [2.75, 3.05) is 5.32 Å². The van der Waals surface area contributed by atoms with E-state index in [0.717, 1.165) is 33.9 Å². The van der Waals surface area contributed by atoms with Gasteiger partial charge in [0.15, 0.2) is 0 Å². The maximum absolute atomic E-state index is 11.6. The smallest absolute Gasteiger partial charge is 0.240 e. The zero-order chi connectivity index (χ0) is 15.1. The molecule has 0 aliphatic carbocycles. The van der Waals surface area contributed by atoms with Gasteiger partial charge in [0.25, 0.3) is 0 Å². The van der Waals surface area contributed by atoms with Crippen molar-refractivity contribution in [3.05, 3.63) is 48.0 Å². The summed E-state index contributed by atoms with van der Waals surface area (Å²) < 4.78 is 1.92.